The molecule has 2 N–H and O–H groups in total. The number of nitrogens with zero attached hydrogens (tertiary/aromatic N) is 2. The van der Waals surface area contributed by atoms with Crippen molar-refractivity contribution in [2.45, 2.75) is 13.3 Å². The minimum absolute atomic E-state index is 0.526. The third kappa shape index (κ3) is 2.31. The molecule has 0 atom stereocenters. The van der Waals surface area contributed by atoms with Gasteiger partial charge >= 0.3 is 0 Å². The van der Waals surface area contributed by atoms with Crippen LogP contribution in [0.5, 0.6) is 0 Å². The molecule has 2 rings (SSSR count). The second-order valence-corrected chi connectivity index (χ2v) is 4.37. The molecule has 0 saturated carbocycles. The van der Waals surface area contributed by atoms with Gasteiger partial charge in [0, 0.05) is 16.5 Å². The lowest BCUT2D eigenvalue weighted by Crippen LogP contribution is -2.03. The predicted molar refractivity (Wildman–Crippen MR) is 64.9 cm³/mol. The van der Waals surface area contributed by atoms with Crippen molar-refractivity contribution in [2.75, 3.05) is 6.54 Å². The van der Waals surface area contributed by atoms with Gasteiger partial charge in [0.25, 0.3) is 5.89 Å². The molecular weight excluding hydrogens is 270 g/mol. The van der Waals surface area contributed by atoms with Gasteiger partial charge in [-0.25, -0.2) is 0 Å². The molecule has 0 fully saturated rings. The SMILES string of the molecule is Cc1cc(-c2nc(CCN)no2)ccc1Br. The monoisotopic (exact) mass is 281 g/mol. The van der Waals surface area contributed by atoms with Crippen molar-refractivity contribution in [1.29, 1.82) is 0 Å². The van der Waals surface area contributed by atoms with Crippen LogP contribution in [-0.2, 0) is 6.42 Å². The Morgan fingerprint density at radius 2 is 2.25 bits per heavy atom. The molecule has 5 heteroatoms. The molecule has 0 radical (unpaired) electrons. The van der Waals surface area contributed by atoms with Crippen molar-refractivity contribution >= 4 is 15.9 Å². The van der Waals surface area contributed by atoms with Crippen molar-refractivity contribution < 1.29 is 4.52 Å². The molecule has 0 aliphatic carbocycles. The molecule has 1 aromatic carbocycles. The normalized spacial score (nSPS) is 10.7. The molecule has 0 aliphatic heterocycles. The van der Waals surface area contributed by atoms with E-state index < -0.39 is 0 Å². The highest BCUT2D eigenvalue weighted by atomic mass is 79.9. The van der Waals surface area contributed by atoms with Crippen LogP contribution in [0.2, 0.25) is 0 Å². The van der Waals surface area contributed by atoms with E-state index in [1.54, 1.807) is 0 Å². The zero-order chi connectivity index (χ0) is 11.5. The molecule has 0 amide bonds. The lowest BCUT2D eigenvalue weighted by molar-refractivity contribution is 0.422. The first-order valence-corrected chi connectivity index (χ1v) is 5.79. The zero-order valence-corrected chi connectivity index (χ0v) is 10.5. The largest absolute Gasteiger partial charge is 0.334 e. The number of aromatic nitrogens is 2. The van der Waals surface area contributed by atoms with Crippen LogP contribution in [0.15, 0.2) is 27.2 Å². The lowest BCUT2D eigenvalue weighted by atomic mass is 10.1. The van der Waals surface area contributed by atoms with E-state index in [0.29, 0.717) is 24.7 Å². The van der Waals surface area contributed by atoms with E-state index in [2.05, 4.69) is 26.1 Å². The first kappa shape index (κ1) is 11.3. The zero-order valence-electron chi connectivity index (χ0n) is 8.90. The minimum Gasteiger partial charge on any atom is -0.334 e. The van der Waals surface area contributed by atoms with E-state index in [1.165, 1.54) is 0 Å². The summed E-state index contributed by atoms with van der Waals surface area (Å²) in [5, 5.41) is 3.86. The van der Waals surface area contributed by atoms with Crippen LogP contribution in [0.25, 0.3) is 11.5 Å². The summed E-state index contributed by atoms with van der Waals surface area (Å²) in [5.41, 5.74) is 7.49. The molecule has 2 aromatic rings. The highest BCUT2D eigenvalue weighted by molar-refractivity contribution is 9.10. The first-order valence-electron chi connectivity index (χ1n) is 5.00. The van der Waals surface area contributed by atoms with Crippen molar-refractivity contribution in [1.82, 2.24) is 10.1 Å². The molecule has 0 aliphatic rings. The fourth-order valence-corrected chi connectivity index (χ4v) is 1.63. The lowest BCUT2D eigenvalue weighted by Gasteiger charge is -1.99. The van der Waals surface area contributed by atoms with Crippen LogP contribution in [0.3, 0.4) is 0 Å². The van der Waals surface area contributed by atoms with E-state index in [4.69, 9.17) is 10.3 Å². The van der Waals surface area contributed by atoms with Gasteiger partial charge in [-0.15, -0.1) is 0 Å². The summed E-state index contributed by atoms with van der Waals surface area (Å²) in [6.45, 7) is 2.54. The topological polar surface area (TPSA) is 64.9 Å². The van der Waals surface area contributed by atoms with Crippen LogP contribution in [-0.4, -0.2) is 16.7 Å². The highest BCUT2D eigenvalue weighted by Gasteiger charge is 2.08. The Morgan fingerprint density at radius 1 is 1.44 bits per heavy atom. The van der Waals surface area contributed by atoms with E-state index in [-0.39, 0.29) is 0 Å². The second kappa shape index (κ2) is 4.76. The summed E-state index contributed by atoms with van der Waals surface area (Å²) in [7, 11) is 0. The number of halogens is 1. The average Bonchev–Trinajstić information content (AvgIpc) is 2.71. The summed E-state index contributed by atoms with van der Waals surface area (Å²) in [6, 6.07) is 5.91. The van der Waals surface area contributed by atoms with Gasteiger partial charge in [-0.05, 0) is 37.2 Å². The van der Waals surface area contributed by atoms with Crippen LogP contribution < -0.4 is 5.73 Å². The van der Waals surface area contributed by atoms with Gasteiger partial charge in [0.1, 0.15) is 0 Å². The summed E-state index contributed by atoms with van der Waals surface area (Å²) < 4.78 is 6.23. The molecular formula is C11H12BrN3O. The molecule has 0 unspecified atom stereocenters. The van der Waals surface area contributed by atoms with Crippen molar-refractivity contribution in [3.8, 4) is 11.5 Å². The minimum atomic E-state index is 0.526. The Kier molecular flexibility index (Phi) is 3.36. The molecule has 16 heavy (non-hydrogen) atoms. The van der Waals surface area contributed by atoms with E-state index >= 15 is 0 Å². The molecule has 1 heterocycles. The number of aryl methyl sites for hydroxylation is 1. The van der Waals surface area contributed by atoms with Gasteiger partial charge in [0.05, 0.1) is 0 Å². The quantitative estimate of drug-likeness (QED) is 0.938. The van der Waals surface area contributed by atoms with Crippen LogP contribution in [0.1, 0.15) is 11.4 Å². The van der Waals surface area contributed by atoms with Crippen molar-refractivity contribution in [3.05, 3.63) is 34.1 Å². The van der Waals surface area contributed by atoms with Crippen molar-refractivity contribution in [2.24, 2.45) is 5.73 Å². The molecule has 0 saturated heterocycles. The van der Waals surface area contributed by atoms with Gasteiger partial charge in [0.15, 0.2) is 5.82 Å². The number of hydrogen-bond donors (Lipinski definition) is 1. The van der Waals surface area contributed by atoms with Crippen LogP contribution >= 0.6 is 15.9 Å². The van der Waals surface area contributed by atoms with Gasteiger partial charge in [-0.3, -0.25) is 0 Å². The number of benzene rings is 1. The number of hydrogen-bond acceptors (Lipinski definition) is 4. The summed E-state index contributed by atoms with van der Waals surface area (Å²) >= 11 is 3.45. The number of nitrogens with two attached hydrogens (primary N) is 1. The third-order valence-electron chi connectivity index (χ3n) is 2.24. The highest BCUT2D eigenvalue weighted by Crippen LogP contribution is 2.23. The van der Waals surface area contributed by atoms with Crippen LogP contribution in [0.4, 0.5) is 0 Å². The van der Waals surface area contributed by atoms with E-state index in [0.717, 1.165) is 15.6 Å². The van der Waals surface area contributed by atoms with E-state index in [1.807, 2.05) is 25.1 Å². The average molecular weight is 282 g/mol. The third-order valence-corrected chi connectivity index (χ3v) is 3.13. The maximum atomic E-state index is 5.42. The first-order chi connectivity index (χ1) is 7.70. The Bertz CT molecular complexity index is 496. The Balaban J connectivity index is 2.31. The molecule has 0 bridgehead atoms. The van der Waals surface area contributed by atoms with Crippen LogP contribution in [0, 0.1) is 6.92 Å². The number of rotatable bonds is 3. The predicted octanol–water partition coefficient (Wildman–Crippen LogP) is 2.31. The summed E-state index contributed by atoms with van der Waals surface area (Å²) in [4.78, 5) is 4.27. The Labute approximate surface area is 102 Å². The van der Waals surface area contributed by atoms with Gasteiger partial charge in [0.2, 0.25) is 0 Å². The standard InChI is InChI=1S/C11H12BrN3O/c1-7-6-8(2-3-9(7)12)11-14-10(4-5-13)15-16-11/h2-3,6H,4-5,13H2,1H3. The maximum absolute atomic E-state index is 5.42. The molecule has 1 aromatic heterocycles. The fraction of sp³-hybridized carbons (Fsp3) is 0.273. The molecule has 0 spiro atoms. The molecule has 4 nitrogen and oxygen atoms in total. The second-order valence-electron chi connectivity index (χ2n) is 3.52. The van der Waals surface area contributed by atoms with Crippen molar-refractivity contribution in [3.63, 3.8) is 0 Å². The smallest absolute Gasteiger partial charge is 0.257 e. The summed E-state index contributed by atoms with van der Waals surface area (Å²) in [6.07, 6.45) is 0.638. The Morgan fingerprint density at radius 3 is 2.94 bits per heavy atom. The van der Waals surface area contributed by atoms with Gasteiger partial charge in [-0.2, -0.15) is 4.98 Å². The van der Waals surface area contributed by atoms with E-state index in [9.17, 15) is 0 Å². The maximum Gasteiger partial charge on any atom is 0.257 e. The fourth-order valence-electron chi connectivity index (χ4n) is 1.38. The Hall–Kier alpha value is -1.20. The van der Waals surface area contributed by atoms with Gasteiger partial charge in [-0.1, -0.05) is 21.1 Å². The summed E-state index contributed by atoms with van der Waals surface area (Å²) in [5.74, 6) is 1.19. The molecule has 84 valence electrons. The van der Waals surface area contributed by atoms with Gasteiger partial charge < -0.3 is 10.3 Å².